The number of hydrogen-bond donors (Lipinski definition) is 1. The third-order valence-electron chi connectivity index (χ3n) is 3.40. The highest BCUT2D eigenvalue weighted by Gasteiger charge is 2.38. The molecule has 1 heterocycles. The summed E-state index contributed by atoms with van der Waals surface area (Å²) in [4.78, 5) is 25.2. The Morgan fingerprint density at radius 1 is 1.39 bits per heavy atom. The van der Waals surface area contributed by atoms with Gasteiger partial charge in [0.1, 0.15) is 6.04 Å². The summed E-state index contributed by atoms with van der Waals surface area (Å²) in [5.74, 6) is 0.188. The van der Waals surface area contributed by atoms with Gasteiger partial charge < -0.3 is 10.1 Å². The molecule has 0 spiro atoms. The molecule has 2 atom stereocenters. The van der Waals surface area contributed by atoms with E-state index < -0.39 is 0 Å². The maximum Gasteiger partial charge on any atom is 0.323 e. The zero-order valence-corrected chi connectivity index (χ0v) is 11.9. The first-order chi connectivity index (χ1) is 8.11. The summed E-state index contributed by atoms with van der Waals surface area (Å²) in [5, 5.41) is 3.01. The number of likely N-dealkylation sites (tertiary alicyclic amines) is 1. The van der Waals surface area contributed by atoms with Crippen LogP contribution in [0.4, 0.5) is 0 Å². The summed E-state index contributed by atoms with van der Waals surface area (Å²) < 4.78 is 5.02. The van der Waals surface area contributed by atoms with Gasteiger partial charge in [-0.05, 0) is 33.2 Å². The highest BCUT2D eigenvalue weighted by molar-refractivity contribution is 7.59. The van der Waals surface area contributed by atoms with Crippen LogP contribution in [0, 0.1) is 5.92 Å². The van der Waals surface area contributed by atoms with Crippen LogP contribution in [0.5, 0.6) is 0 Å². The van der Waals surface area contributed by atoms with Crippen molar-refractivity contribution < 1.29 is 14.3 Å². The van der Waals surface area contributed by atoms with Crippen LogP contribution in [0.1, 0.15) is 26.2 Å². The number of likely N-dealkylation sites (N-methyl/N-ethyl adjacent to an activating group) is 1. The van der Waals surface area contributed by atoms with Gasteiger partial charge in [-0.2, -0.15) is 13.5 Å². The molecule has 1 aliphatic carbocycles. The Balaban J connectivity index is 0.00000162. The van der Waals surface area contributed by atoms with Crippen molar-refractivity contribution in [1.82, 2.24) is 10.2 Å². The van der Waals surface area contributed by atoms with Crippen molar-refractivity contribution in [2.75, 3.05) is 20.2 Å². The SMILES string of the molecule is CCOC(=O)[C@@H]1C[C@@H](NC(=O)C2CC2)CN1C.S. The predicted octanol–water partition coefficient (Wildman–Crippen LogP) is 0.261. The molecule has 2 fully saturated rings. The number of carbonyl (C=O) groups excluding carboxylic acids is 2. The van der Waals surface area contributed by atoms with Crippen molar-refractivity contribution in [3.8, 4) is 0 Å². The zero-order valence-electron chi connectivity index (χ0n) is 10.9. The smallest absolute Gasteiger partial charge is 0.323 e. The fourth-order valence-corrected chi connectivity index (χ4v) is 2.28. The van der Waals surface area contributed by atoms with Crippen LogP contribution in [-0.4, -0.2) is 49.1 Å². The summed E-state index contributed by atoms with van der Waals surface area (Å²) in [6.07, 6.45) is 2.68. The number of hydrogen-bond acceptors (Lipinski definition) is 4. The van der Waals surface area contributed by atoms with E-state index in [1.807, 2.05) is 11.9 Å². The van der Waals surface area contributed by atoms with E-state index in [0.29, 0.717) is 13.0 Å². The molecule has 0 aromatic carbocycles. The largest absolute Gasteiger partial charge is 0.465 e. The first-order valence-corrected chi connectivity index (χ1v) is 6.29. The Morgan fingerprint density at radius 2 is 2.06 bits per heavy atom. The number of esters is 1. The molecule has 0 bridgehead atoms. The molecule has 0 unspecified atom stereocenters. The molecule has 6 heteroatoms. The van der Waals surface area contributed by atoms with E-state index in [1.165, 1.54) is 0 Å². The topological polar surface area (TPSA) is 58.6 Å². The van der Waals surface area contributed by atoms with Crippen LogP contribution < -0.4 is 5.32 Å². The normalized spacial score (nSPS) is 27.4. The highest BCUT2D eigenvalue weighted by Crippen LogP contribution is 2.29. The number of carbonyl (C=O) groups is 2. The Labute approximate surface area is 115 Å². The summed E-state index contributed by atoms with van der Waals surface area (Å²) >= 11 is 0. The second kappa shape index (κ2) is 6.43. The van der Waals surface area contributed by atoms with Crippen LogP contribution in [0.3, 0.4) is 0 Å². The third kappa shape index (κ3) is 3.62. The van der Waals surface area contributed by atoms with Gasteiger partial charge in [-0.3, -0.25) is 14.5 Å². The van der Waals surface area contributed by atoms with E-state index in [9.17, 15) is 9.59 Å². The average molecular weight is 274 g/mol. The van der Waals surface area contributed by atoms with Crippen molar-refractivity contribution in [1.29, 1.82) is 0 Å². The molecular weight excluding hydrogens is 252 g/mol. The molecule has 1 saturated heterocycles. The van der Waals surface area contributed by atoms with E-state index in [4.69, 9.17) is 4.74 Å². The van der Waals surface area contributed by atoms with Gasteiger partial charge >= 0.3 is 5.97 Å². The van der Waals surface area contributed by atoms with Crippen LogP contribution in [-0.2, 0) is 14.3 Å². The van der Waals surface area contributed by atoms with Crippen molar-refractivity contribution in [2.45, 2.75) is 38.3 Å². The van der Waals surface area contributed by atoms with Crippen molar-refractivity contribution in [3.05, 3.63) is 0 Å². The van der Waals surface area contributed by atoms with Crippen molar-refractivity contribution in [3.63, 3.8) is 0 Å². The lowest BCUT2D eigenvalue weighted by Gasteiger charge is -2.16. The monoisotopic (exact) mass is 274 g/mol. The number of nitrogens with one attached hydrogen (secondary N) is 1. The molecule has 1 amide bonds. The minimum atomic E-state index is -0.209. The van der Waals surface area contributed by atoms with E-state index in [1.54, 1.807) is 6.92 Å². The molecule has 5 nitrogen and oxygen atoms in total. The minimum Gasteiger partial charge on any atom is -0.465 e. The molecule has 104 valence electrons. The predicted molar refractivity (Wildman–Crippen MR) is 72.7 cm³/mol. The van der Waals surface area contributed by atoms with Gasteiger partial charge in [0, 0.05) is 18.5 Å². The lowest BCUT2D eigenvalue weighted by Crippen LogP contribution is -2.37. The Kier molecular flexibility index (Phi) is 5.47. The Hall–Kier alpha value is -0.750. The lowest BCUT2D eigenvalue weighted by molar-refractivity contribution is -0.148. The van der Waals surface area contributed by atoms with Gasteiger partial charge in [0.05, 0.1) is 6.61 Å². The minimum absolute atomic E-state index is 0. The summed E-state index contributed by atoms with van der Waals surface area (Å²) in [5.41, 5.74) is 0. The molecule has 2 rings (SSSR count). The molecule has 0 aromatic rings. The zero-order chi connectivity index (χ0) is 12.4. The number of amides is 1. The number of nitrogens with zero attached hydrogens (tertiary/aromatic N) is 1. The fraction of sp³-hybridized carbons (Fsp3) is 0.833. The first-order valence-electron chi connectivity index (χ1n) is 6.29. The quantitative estimate of drug-likeness (QED) is 0.747. The molecule has 1 saturated carbocycles. The maximum atomic E-state index is 11.7. The van der Waals surface area contributed by atoms with Gasteiger partial charge in [-0.15, -0.1) is 0 Å². The van der Waals surface area contributed by atoms with Crippen molar-refractivity contribution >= 4 is 25.4 Å². The molecule has 0 radical (unpaired) electrons. The third-order valence-corrected chi connectivity index (χ3v) is 3.40. The van der Waals surface area contributed by atoms with Crippen molar-refractivity contribution in [2.24, 2.45) is 5.92 Å². The van der Waals surface area contributed by atoms with Crippen LogP contribution >= 0.6 is 13.5 Å². The maximum absolute atomic E-state index is 11.7. The van der Waals surface area contributed by atoms with E-state index in [0.717, 1.165) is 19.4 Å². The summed E-state index contributed by atoms with van der Waals surface area (Å²) in [6.45, 7) is 2.93. The summed E-state index contributed by atoms with van der Waals surface area (Å²) in [7, 11) is 1.89. The van der Waals surface area contributed by atoms with Crippen LogP contribution in [0.25, 0.3) is 0 Å². The average Bonchev–Trinajstić information content (AvgIpc) is 3.04. The molecule has 1 N–H and O–H groups in total. The van der Waals surface area contributed by atoms with Crippen LogP contribution in [0.2, 0.25) is 0 Å². The number of rotatable bonds is 4. The molecule has 1 aliphatic heterocycles. The second-order valence-corrected chi connectivity index (χ2v) is 4.92. The molecule has 18 heavy (non-hydrogen) atoms. The van der Waals surface area contributed by atoms with Gasteiger partial charge in [0.15, 0.2) is 0 Å². The standard InChI is InChI=1S/C12H20N2O3.H2S/c1-3-17-12(16)10-6-9(7-14(10)2)13-11(15)8-4-5-8;/h8-10H,3-7H2,1-2H3,(H,13,15);1H2/t9-,10+;/m1./s1. The molecule has 2 aliphatic rings. The van der Waals surface area contributed by atoms with E-state index in [2.05, 4.69) is 5.32 Å². The van der Waals surface area contributed by atoms with E-state index in [-0.39, 0.29) is 43.4 Å². The van der Waals surface area contributed by atoms with Gasteiger partial charge in [-0.1, -0.05) is 0 Å². The lowest BCUT2D eigenvalue weighted by atomic mass is 10.1. The first kappa shape index (κ1) is 15.3. The molecule has 0 aromatic heterocycles. The summed E-state index contributed by atoms with van der Waals surface area (Å²) in [6, 6.07) is -0.123. The van der Waals surface area contributed by atoms with Crippen LogP contribution in [0.15, 0.2) is 0 Å². The fourth-order valence-electron chi connectivity index (χ4n) is 2.28. The second-order valence-electron chi connectivity index (χ2n) is 4.92. The molecular formula is C12H22N2O3S. The van der Waals surface area contributed by atoms with Gasteiger partial charge in [0.25, 0.3) is 0 Å². The van der Waals surface area contributed by atoms with Gasteiger partial charge in [0.2, 0.25) is 5.91 Å². The van der Waals surface area contributed by atoms with E-state index >= 15 is 0 Å². The highest BCUT2D eigenvalue weighted by atomic mass is 32.1. The number of ether oxygens (including phenoxy) is 1. The van der Waals surface area contributed by atoms with Gasteiger partial charge in [-0.25, -0.2) is 0 Å². The Bertz CT molecular complexity index is 320. The Morgan fingerprint density at radius 3 is 2.61 bits per heavy atom.